The lowest BCUT2D eigenvalue weighted by Crippen LogP contribution is -2.29. The van der Waals surface area contributed by atoms with Crippen LogP contribution >= 0.6 is 23.2 Å². The maximum Gasteiger partial charge on any atom is 0.0661 e. The van der Waals surface area contributed by atoms with Crippen molar-refractivity contribution in [3.8, 4) is 5.69 Å². The second-order valence-electron chi connectivity index (χ2n) is 5.30. The van der Waals surface area contributed by atoms with Crippen LogP contribution in [-0.4, -0.2) is 22.6 Å². The van der Waals surface area contributed by atoms with Gasteiger partial charge in [-0.25, -0.2) is 0 Å². The summed E-state index contributed by atoms with van der Waals surface area (Å²) < 4.78 is 2.16. The number of piperidine rings is 1. The number of hydrogen-bond acceptors (Lipinski definition) is 1. The van der Waals surface area contributed by atoms with Crippen LogP contribution in [0.3, 0.4) is 0 Å². The molecule has 20 heavy (non-hydrogen) atoms. The summed E-state index contributed by atoms with van der Waals surface area (Å²) in [5.74, 6) is 0. The molecule has 0 N–H and O–H groups in total. The van der Waals surface area contributed by atoms with E-state index < -0.39 is 0 Å². The topological polar surface area (TPSA) is 8.17 Å². The lowest BCUT2D eigenvalue weighted by Gasteiger charge is -2.27. The minimum atomic E-state index is 0.670. The highest BCUT2D eigenvalue weighted by Gasteiger charge is 2.14. The summed E-state index contributed by atoms with van der Waals surface area (Å²) in [6, 6.07) is 9.89. The molecular formula is C16H18Cl2N2. The van der Waals surface area contributed by atoms with E-state index in [1.807, 2.05) is 12.1 Å². The molecule has 0 amide bonds. The summed E-state index contributed by atoms with van der Waals surface area (Å²) >= 11 is 12.3. The molecule has 0 atom stereocenters. The molecule has 0 saturated carbocycles. The summed E-state index contributed by atoms with van der Waals surface area (Å²) in [7, 11) is 0. The minimum absolute atomic E-state index is 0.670. The highest BCUT2D eigenvalue weighted by Crippen LogP contribution is 2.26. The van der Waals surface area contributed by atoms with Crippen molar-refractivity contribution in [3.05, 3.63) is 52.3 Å². The van der Waals surface area contributed by atoms with Crippen molar-refractivity contribution in [2.24, 2.45) is 0 Å². The first-order valence-corrected chi connectivity index (χ1v) is 7.83. The lowest BCUT2D eigenvalue weighted by molar-refractivity contribution is 0.217. The zero-order chi connectivity index (χ0) is 13.9. The van der Waals surface area contributed by atoms with Crippen LogP contribution in [0.4, 0.5) is 0 Å². The Kier molecular flexibility index (Phi) is 4.35. The van der Waals surface area contributed by atoms with E-state index in [2.05, 4.69) is 27.8 Å². The normalized spacial score (nSPS) is 16.5. The molecule has 2 heterocycles. The van der Waals surface area contributed by atoms with Crippen LogP contribution in [0.25, 0.3) is 5.69 Å². The number of benzene rings is 1. The van der Waals surface area contributed by atoms with Gasteiger partial charge >= 0.3 is 0 Å². The van der Waals surface area contributed by atoms with Gasteiger partial charge in [-0.05, 0) is 56.3 Å². The molecule has 1 aromatic carbocycles. The fourth-order valence-corrected chi connectivity index (χ4v) is 3.30. The SMILES string of the molecule is Clc1ccc(-n2cccc2CN2CCCCC2)c(Cl)c1. The van der Waals surface area contributed by atoms with Crippen LogP contribution in [0.5, 0.6) is 0 Å². The molecular weight excluding hydrogens is 291 g/mol. The molecule has 4 heteroatoms. The molecule has 0 aliphatic carbocycles. The summed E-state index contributed by atoms with van der Waals surface area (Å²) in [6.07, 6.45) is 6.04. The van der Waals surface area contributed by atoms with Gasteiger partial charge in [0, 0.05) is 23.5 Å². The van der Waals surface area contributed by atoms with Gasteiger partial charge in [-0.1, -0.05) is 29.6 Å². The lowest BCUT2D eigenvalue weighted by atomic mass is 10.1. The second-order valence-corrected chi connectivity index (χ2v) is 6.15. The van der Waals surface area contributed by atoms with Crippen molar-refractivity contribution < 1.29 is 0 Å². The van der Waals surface area contributed by atoms with Crippen LogP contribution in [0.2, 0.25) is 10.0 Å². The van der Waals surface area contributed by atoms with E-state index in [9.17, 15) is 0 Å². The Labute approximate surface area is 129 Å². The van der Waals surface area contributed by atoms with Crippen LogP contribution in [-0.2, 0) is 6.54 Å². The van der Waals surface area contributed by atoms with Gasteiger partial charge in [0.15, 0.2) is 0 Å². The van der Waals surface area contributed by atoms with Crippen molar-refractivity contribution in [3.63, 3.8) is 0 Å². The number of rotatable bonds is 3. The van der Waals surface area contributed by atoms with Gasteiger partial charge in [0.1, 0.15) is 0 Å². The summed E-state index contributed by atoms with van der Waals surface area (Å²) in [5, 5.41) is 1.36. The van der Waals surface area contributed by atoms with Crippen molar-refractivity contribution in [2.45, 2.75) is 25.8 Å². The number of aromatic nitrogens is 1. The molecule has 106 valence electrons. The van der Waals surface area contributed by atoms with E-state index in [0.29, 0.717) is 10.0 Å². The zero-order valence-electron chi connectivity index (χ0n) is 11.4. The van der Waals surface area contributed by atoms with Crippen molar-refractivity contribution in [2.75, 3.05) is 13.1 Å². The number of likely N-dealkylation sites (tertiary alicyclic amines) is 1. The summed E-state index contributed by atoms with van der Waals surface area (Å²) in [6.45, 7) is 3.37. The average Bonchev–Trinajstić information content (AvgIpc) is 2.88. The quantitative estimate of drug-likeness (QED) is 0.793. The van der Waals surface area contributed by atoms with Crippen LogP contribution in [0, 0.1) is 0 Å². The van der Waals surface area contributed by atoms with Crippen LogP contribution < -0.4 is 0 Å². The van der Waals surface area contributed by atoms with Gasteiger partial charge in [0.2, 0.25) is 0 Å². The Morgan fingerprint density at radius 1 is 1.00 bits per heavy atom. The van der Waals surface area contributed by atoms with E-state index in [-0.39, 0.29) is 0 Å². The molecule has 1 aromatic heterocycles. The van der Waals surface area contributed by atoms with Crippen LogP contribution in [0.1, 0.15) is 25.0 Å². The standard InChI is InChI=1S/C16H18Cl2N2/c17-13-6-7-16(15(18)11-13)20-10-4-5-14(20)12-19-8-2-1-3-9-19/h4-7,10-11H,1-3,8-9,12H2. The first-order chi connectivity index (χ1) is 9.74. The third-order valence-corrected chi connectivity index (χ3v) is 4.37. The maximum absolute atomic E-state index is 6.32. The van der Waals surface area contributed by atoms with Crippen molar-refractivity contribution in [1.29, 1.82) is 0 Å². The number of hydrogen-bond donors (Lipinski definition) is 0. The Morgan fingerprint density at radius 2 is 1.80 bits per heavy atom. The molecule has 0 spiro atoms. The molecule has 3 rings (SSSR count). The summed E-state index contributed by atoms with van der Waals surface area (Å²) in [5.41, 5.74) is 2.27. The third kappa shape index (κ3) is 3.03. The van der Waals surface area contributed by atoms with Crippen LogP contribution in [0.15, 0.2) is 36.5 Å². The molecule has 1 saturated heterocycles. The van der Waals surface area contributed by atoms with E-state index in [4.69, 9.17) is 23.2 Å². The predicted molar refractivity (Wildman–Crippen MR) is 84.9 cm³/mol. The van der Waals surface area contributed by atoms with Gasteiger partial charge in [-0.2, -0.15) is 0 Å². The second kappa shape index (κ2) is 6.21. The van der Waals surface area contributed by atoms with E-state index >= 15 is 0 Å². The Bertz CT molecular complexity index is 586. The van der Waals surface area contributed by atoms with Crippen molar-refractivity contribution >= 4 is 23.2 Å². The average molecular weight is 309 g/mol. The molecule has 1 aliphatic heterocycles. The highest BCUT2D eigenvalue weighted by molar-refractivity contribution is 6.35. The molecule has 1 fully saturated rings. The first kappa shape index (κ1) is 14.0. The fourth-order valence-electron chi connectivity index (χ4n) is 2.80. The van der Waals surface area contributed by atoms with Crippen molar-refractivity contribution in [1.82, 2.24) is 9.47 Å². The molecule has 0 radical (unpaired) electrons. The number of nitrogens with zero attached hydrogens (tertiary/aromatic N) is 2. The van der Waals surface area contributed by atoms with E-state index in [0.717, 1.165) is 12.2 Å². The van der Waals surface area contributed by atoms with Gasteiger partial charge in [-0.15, -0.1) is 0 Å². The largest absolute Gasteiger partial charge is 0.318 e. The molecule has 2 aromatic rings. The molecule has 0 bridgehead atoms. The Hall–Kier alpha value is -0.960. The Balaban J connectivity index is 1.85. The maximum atomic E-state index is 6.32. The molecule has 2 nitrogen and oxygen atoms in total. The number of halogens is 2. The highest BCUT2D eigenvalue weighted by atomic mass is 35.5. The summed E-state index contributed by atoms with van der Waals surface area (Å²) in [4.78, 5) is 2.51. The third-order valence-electron chi connectivity index (χ3n) is 3.84. The van der Waals surface area contributed by atoms with Gasteiger partial charge < -0.3 is 4.57 Å². The van der Waals surface area contributed by atoms with Gasteiger partial charge in [0.05, 0.1) is 10.7 Å². The van der Waals surface area contributed by atoms with E-state index in [1.165, 1.54) is 38.0 Å². The van der Waals surface area contributed by atoms with E-state index in [1.54, 1.807) is 6.07 Å². The minimum Gasteiger partial charge on any atom is -0.318 e. The molecule has 1 aliphatic rings. The predicted octanol–water partition coefficient (Wildman–Crippen LogP) is 4.77. The Morgan fingerprint density at radius 3 is 2.55 bits per heavy atom. The monoisotopic (exact) mass is 308 g/mol. The zero-order valence-corrected chi connectivity index (χ0v) is 12.9. The fraction of sp³-hybridized carbons (Fsp3) is 0.375. The van der Waals surface area contributed by atoms with Gasteiger partial charge in [0.25, 0.3) is 0 Å². The van der Waals surface area contributed by atoms with Gasteiger partial charge in [-0.3, -0.25) is 4.90 Å². The smallest absolute Gasteiger partial charge is 0.0661 e. The molecule has 0 unspecified atom stereocenters. The first-order valence-electron chi connectivity index (χ1n) is 7.08.